The third-order valence-corrected chi connectivity index (χ3v) is 4.35. The number of alkyl halides is 3. The molecule has 0 radical (unpaired) electrons. The Morgan fingerprint density at radius 1 is 1.10 bits per heavy atom. The van der Waals surface area contributed by atoms with Crippen LogP contribution in [0.25, 0.3) is 0 Å². The predicted molar refractivity (Wildman–Crippen MR) is 75.7 cm³/mol. The first-order chi connectivity index (χ1) is 9.93. The van der Waals surface area contributed by atoms with Gasteiger partial charge in [0.25, 0.3) is 0 Å². The number of halogens is 3. The van der Waals surface area contributed by atoms with E-state index in [1.165, 1.54) is 37.8 Å². The van der Waals surface area contributed by atoms with Crippen molar-refractivity contribution in [1.29, 1.82) is 0 Å². The first-order valence-corrected chi connectivity index (χ1v) is 7.60. The van der Waals surface area contributed by atoms with Gasteiger partial charge in [0.2, 0.25) is 0 Å². The van der Waals surface area contributed by atoms with Crippen LogP contribution in [0.4, 0.5) is 13.2 Å². The number of hydrogen-bond acceptors (Lipinski definition) is 2. The van der Waals surface area contributed by atoms with Gasteiger partial charge in [-0.05, 0) is 49.3 Å². The zero-order valence-electron chi connectivity index (χ0n) is 11.9. The van der Waals surface area contributed by atoms with Gasteiger partial charge in [-0.1, -0.05) is 12.1 Å². The van der Waals surface area contributed by atoms with Crippen molar-refractivity contribution in [3.8, 4) is 0 Å². The SMILES string of the molecule is NC(CN(CC1CC1)C1CC1)c1ccc(C(F)(F)F)cc1. The summed E-state index contributed by atoms with van der Waals surface area (Å²) in [6.07, 6.45) is 0.783. The molecule has 0 saturated heterocycles. The molecule has 2 aliphatic carbocycles. The fraction of sp³-hybridized carbons (Fsp3) is 0.625. The van der Waals surface area contributed by atoms with Crippen LogP contribution in [-0.2, 0) is 6.18 Å². The molecule has 1 unspecified atom stereocenters. The summed E-state index contributed by atoms with van der Waals surface area (Å²) in [7, 11) is 0. The van der Waals surface area contributed by atoms with Gasteiger partial charge in [0, 0.05) is 25.2 Å². The lowest BCUT2D eigenvalue weighted by Crippen LogP contribution is -2.35. The van der Waals surface area contributed by atoms with E-state index in [1.807, 2.05) is 0 Å². The minimum atomic E-state index is -4.28. The third kappa shape index (κ3) is 3.98. The minimum Gasteiger partial charge on any atom is -0.323 e. The smallest absolute Gasteiger partial charge is 0.323 e. The Morgan fingerprint density at radius 3 is 2.19 bits per heavy atom. The lowest BCUT2D eigenvalue weighted by atomic mass is 10.0. The highest BCUT2D eigenvalue weighted by Crippen LogP contribution is 2.36. The van der Waals surface area contributed by atoms with Crippen LogP contribution in [0.5, 0.6) is 0 Å². The van der Waals surface area contributed by atoms with Gasteiger partial charge in [0.05, 0.1) is 5.56 Å². The fourth-order valence-electron chi connectivity index (χ4n) is 2.72. The van der Waals surface area contributed by atoms with E-state index in [4.69, 9.17) is 5.73 Å². The maximum absolute atomic E-state index is 12.6. The molecule has 0 aromatic heterocycles. The van der Waals surface area contributed by atoms with Gasteiger partial charge in [-0.2, -0.15) is 13.2 Å². The summed E-state index contributed by atoms with van der Waals surface area (Å²) in [4.78, 5) is 2.43. The van der Waals surface area contributed by atoms with E-state index < -0.39 is 11.7 Å². The second kappa shape index (κ2) is 5.61. The molecule has 1 aromatic carbocycles. The molecular weight excluding hydrogens is 277 g/mol. The van der Waals surface area contributed by atoms with Gasteiger partial charge in [-0.3, -0.25) is 4.90 Å². The first kappa shape index (κ1) is 14.9. The Kier molecular flexibility index (Phi) is 3.97. The Labute approximate surface area is 123 Å². The number of rotatable bonds is 6. The maximum atomic E-state index is 12.6. The molecule has 116 valence electrons. The topological polar surface area (TPSA) is 29.3 Å². The van der Waals surface area contributed by atoms with Gasteiger partial charge in [0.15, 0.2) is 0 Å². The van der Waals surface area contributed by atoms with Gasteiger partial charge in [0.1, 0.15) is 0 Å². The van der Waals surface area contributed by atoms with Crippen LogP contribution in [0, 0.1) is 5.92 Å². The first-order valence-electron chi connectivity index (χ1n) is 7.60. The van der Waals surface area contributed by atoms with Crippen LogP contribution in [-0.4, -0.2) is 24.0 Å². The predicted octanol–water partition coefficient (Wildman–Crippen LogP) is 3.58. The van der Waals surface area contributed by atoms with E-state index in [2.05, 4.69) is 4.90 Å². The molecule has 2 fully saturated rings. The highest BCUT2D eigenvalue weighted by Gasteiger charge is 2.34. The van der Waals surface area contributed by atoms with E-state index in [1.54, 1.807) is 0 Å². The van der Waals surface area contributed by atoms with Crippen molar-refractivity contribution in [3.63, 3.8) is 0 Å². The van der Waals surface area contributed by atoms with Gasteiger partial charge >= 0.3 is 6.18 Å². The van der Waals surface area contributed by atoms with Crippen molar-refractivity contribution in [1.82, 2.24) is 4.90 Å². The molecule has 5 heteroatoms. The second-order valence-electron chi connectivity index (χ2n) is 6.35. The van der Waals surface area contributed by atoms with Crippen molar-refractivity contribution >= 4 is 0 Å². The molecule has 0 bridgehead atoms. The van der Waals surface area contributed by atoms with Crippen molar-refractivity contribution in [2.45, 2.75) is 43.9 Å². The average Bonchev–Trinajstić information content (AvgIpc) is 3.29. The molecule has 1 aromatic rings. The molecule has 2 saturated carbocycles. The summed E-state index contributed by atoms with van der Waals surface area (Å²) in [6, 6.07) is 5.69. The molecule has 2 N–H and O–H groups in total. The summed E-state index contributed by atoms with van der Waals surface area (Å²) in [5.41, 5.74) is 6.36. The Balaban J connectivity index is 1.62. The molecule has 3 rings (SSSR count). The van der Waals surface area contributed by atoms with Gasteiger partial charge < -0.3 is 5.73 Å². The Bertz CT molecular complexity index is 475. The van der Waals surface area contributed by atoms with E-state index in [0.29, 0.717) is 6.04 Å². The maximum Gasteiger partial charge on any atom is 0.416 e. The summed E-state index contributed by atoms with van der Waals surface area (Å²) in [5, 5.41) is 0. The van der Waals surface area contributed by atoms with Crippen molar-refractivity contribution in [2.24, 2.45) is 11.7 Å². The standard InChI is InChI=1S/C16H21F3N2/c17-16(18,19)13-5-3-12(4-6-13)15(20)10-21(14-7-8-14)9-11-1-2-11/h3-6,11,14-15H,1-2,7-10,20H2. The van der Waals surface area contributed by atoms with Gasteiger partial charge in [-0.15, -0.1) is 0 Å². The van der Waals surface area contributed by atoms with Crippen LogP contribution in [0.2, 0.25) is 0 Å². The highest BCUT2D eigenvalue weighted by molar-refractivity contribution is 5.26. The van der Waals surface area contributed by atoms with E-state index in [0.717, 1.165) is 36.7 Å². The molecule has 2 aliphatic rings. The highest BCUT2D eigenvalue weighted by atomic mass is 19.4. The molecule has 2 nitrogen and oxygen atoms in total. The summed E-state index contributed by atoms with van der Waals surface area (Å²) >= 11 is 0. The molecule has 0 aliphatic heterocycles. The number of benzene rings is 1. The van der Waals surface area contributed by atoms with Crippen molar-refractivity contribution in [3.05, 3.63) is 35.4 Å². The normalized spacial score (nSPS) is 20.8. The van der Waals surface area contributed by atoms with Crippen LogP contribution in [0.15, 0.2) is 24.3 Å². The molecule has 0 spiro atoms. The van der Waals surface area contributed by atoms with E-state index >= 15 is 0 Å². The van der Waals surface area contributed by atoms with Gasteiger partial charge in [-0.25, -0.2) is 0 Å². The minimum absolute atomic E-state index is 0.216. The molecule has 1 atom stereocenters. The van der Waals surface area contributed by atoms with Crippen molar-refractivity contribution in [2.75, 3.05) is 13.1 Å². The zero-order chi connectivity index (χ0) is 15.0. The van der Waals surface area contributed by atoms with Crippen molar-refractivity contribution < 1.29 is 13.2 Å². The Hall–Kier alpha value is -1.07. The molecular formula is C16H21F3N2. The van der Waals surface area contributed by atoms with Crippen LogP contribution >= 0.6 is 0 Å². The summed E-state index contributed by atoms with van der Waals surface area (Å²) in [6.45, 7) is 1.84. The van der Waals surface area contributed by atoms with E-state index in [-0.39, 0.29) is 6.04 Å². The summed E-state index contributed by atoms with van der Waals surface area (Å²) in [5.74, 6) is 0.811. The number of nitrogens with two attached hydrogens (primary N) is 1. The third-order valence-electron chi connectivity index (χ3n) is 4.35. The zero-order valence-corrected chi connectivity index (χ0v) is 11.9. The summed E-state index contributed by atoms with van der Waals surface area (Å²) < 4.78 is 37.7. The monoisotopic (exact) mass is 298 g/mol. The molecule has 21 heavy (non-hydrogen) atoms. The fourth-order valence-corrected chi connectivity index (χ4v) is 2.72. The van der Waals surface area contributed by atoms with Crippen LogP contribution in [0.1, 0.15) is 42.9 Å². The lowest BCUT2D eigenvalue weighted by molar-refractivity contribution is -0.137. The van der Waals surface area contributed by atoms with E-state index in [9.17, 15) is 13.2 Å². The molecule has 0 amide bonds. The molecule has 0 heterocycles. The number of nitrogens with zero attached hydrogens (tertiary/aromatic N) is 1. The second-order valence-corrected chi connectivity index (χ2v) is 6.35. The Morgan fingerprint density at radius 2 is 1.71 bits per heavy atom. The van der Waals surface area contributed by atoms with Crippen LogP contribution < -0.4 is 5.73 Å². The number of hydrogen-bond donors (Lipinski definition) is 1. The van der Waals surface area contributed by atoms with Crippen LogP contribution in [0.3, 0.4) is 0 Å². The lowest BCUT2D eigenvalue weighted by Gasteiger charge is -2.26. The largest absolute Gasteiger partial charge is 0.416 e. The average molecular weight is 298 g/mol. The quantitative estimate of drug-likeness (QED) is 0.870.